The van der Waals surface area contributed by atoms with E-state index in [-0.39, 0.29) is 11.1 Å². The molecule has 0 radical (unpaired) electrons. The number of hydrogen-bond donors (Lipinski definition) is 2. The highest BCUT2D eigenvalue weighted by Crippen LogP contribution is 2.21. The molecular formula is C27H32F2N4O3. The lowest BCUT2D eigenvalue weighted by Crippen LogP contribution is -2.40. The van der Waals surface area contributed by atoms with Crippen molar-refractivity contribution in [3.05, 3.63) is 59.0 Å². The number of nitrogens with one attached hydrogen (secondary N) is 1. The molecule has 9 heteroatoms. The molecule has 0 aliphatic heterocycles. The molecule has 36 heavy (non-hydrogen) atoms. The van der Waals surface area contributed by atoms with Crippen LogP contribution in [0.25, 0.3) is 10.9 Å². The van der Waals surface area contributed by atoms with Crippen molar-refractivity contribution in [1.29, 1.82) is 0 Å². The molecule has 0 saturated heterocycles. The number of halogens is 2. The van der Waals surface area contributed by atoms with Crippen LogP contribution >= 0.6 is 0 Å². The van der Waals surface area contributed by atoms with Crippen molar-refractivity contribution in [3.63, 3.8) is 0 Å². The summed E-state index contributed by atoms with van der Waals surface area (Å²) < 4.78 is 26.2. The maximum Gasteiger partial charge on any atom is 0.333 e. The average Bonchev–Trinajstić information content (AvgIpc) is 3.31. The van der Waals surface area contributed by atoms with Gasteiger partial charge >= 0.3 is 12.5 Å². The summed E-state index contributed by atoms with van der Waals surface area (Å²) >= 11 is 0. The predicted molar refractivity (Wildman–Crippen MR) is 132 cm³/mol. The lowest BCUT2D eigenvalue weighted by Gasteiger charge is -2.15. The van der Waals surface area contributed by atoms with E-state index in [0.29, 0.717) is 22.9 Å². The molecule has 2 heterocycles. The Kier molecular flexibility index (Phi) is 8.61. The Morgan fingerprint density at radius 1 is 1.03 bits per heavy atom. The number of hydrogen-bond acceptors (Lipinski definition) is 4. The number of fused-ring (bicyclic) bond motifs is 2. The number of unbranched alkanes of at least 4 members (excludes halogenated alkanes) is 4. The number of carbonyl (C=O) groups is 2. The van der Waals surface area contributed by atoms with Gasteiger partial charge in [0.1, 0.15) is 6.04 Å². The summed E-state index contributed by atoms with van der Waals surface area (Å²) in [4.78, 5) is 29.1. The SMILES string of the molecule is O=C(N[C@@H](CCCCCCCc1ccc2c(n1)CCCC2)C(=O)O)c1ccc2cn(C(F)F)nc2c1. The van der Waals surface area contributed by atoms with Crippen LogP contribution in [-0.2, 0) is 24.1 Å². The molecule has 2 N–H and O–H groups in total. The molecule has 1 aromatic carbocycles. The first kappa shape index (κ1) is 25.7. The van der Waals surface area contributed by atoms with E-state index < -0.39 is 24.5 Å². The van der Waals surface area contributed by atoms with E-state index in [1.54, 1.807) is 0 Å². The fourth-order valence-electron chi connectivity index (χ4n) is 4.73. The van der Waals surface area contributed by atoms with Crippen LogP contribution < -0.4 is 5.32 Å². The molecule has 1 atom stereocenters. The van der Waals surface area contributed by atoms with Crippen molar-refractivity contribution in [1.82, 2.24) is 20.1 Å². The number of aryl methyl sites for hydroxylation is 3. The molecule has 7 nitrogen and oxygen atoms in total. The normalized spacial score (nSPS) is 14.1. The van der Waals surface area contributed by atoms with Crippen molar-refractivity contribution in [2.24, 2.45) is 0 Å². The van der Waals surface area contributed by atoms with Crippen LogP contribution in [0.5, 0.6) is 0 Å². The van der Waals surface area contributed by atoms with Crippen molar-refractivity contribution in [3.8, 4) is 0 Å². The van der Waals surface area contributed by atoms with Gasteiger partial charge in [-0.05, 0) is 68.7 Å². The van der Waals surface area contributed by atoms with Crippen LogP contribution in [0.3, 0.4) is 0 Å². The topological polar surface area (TPSA) is 97.1 Å². The first-order valence-corrected chi connectivity index (χ1v) is 12.7. The number of pyridine rings is 1. The van der Waals surface area contributed by atoms with Crippen molar-refractivity contribution >= 4 is 22.8 Å². The third kappa shape index (κ3) is 6.65. The molecule has 1 aliphatic carbocycles. The Labute approximate surface area is 208 Å². The highest BCUT2D eigenvalue weighted by molar-refractivity contribution is 5.99. The van der Waals surface area contributed by atoms with Gasteiger partial charge in [-0.3, -0.25) is 9.78 Å². The van der Waals surface area contributed by atoms with Crippen molar-refractivity contribution in [2.45, 2.75) is 83.2 Å². The van der Waals surface area contributed by atoms with E-state index in [1.807, 2.05) is 0 Å². The molecule has 0 fully saturated rings. The summed E-state index contributed by atoms with van der Waals surface area (Å²) in [5.41, 5.74) is 4.25. The molecule has 4 rings (SSSR count). The van der Waals surface area contributed by atoms with Gasteiger partial charge in [0.15, 0.2) is 0 Å². The minimum atomic E-state index is -2.77. The summed E-state index contributed by atoms with van der Waals surface area (Å²) in [6, 6.07) is 7.75. The Balaban J connectivity index is 1.18. The van der Waals surface area contributed by atoms with Crippen molar-refractivity contribution < 1.29 is 23.5 Å². The van der Waals surface area contributed by atoms with E-state index in [4.69, 9.17) is 4.98 Å². The fraction of sp³-hybridized carbons (Fsp3) is 0.481. The molecule has 3 aromatic rings. The fourth-order valence-corrected chi connectivity index (χ4v) is 4.73. The zero-order chi connectivity index (χ0) is 25.5. The highest BCUT2D eigenvalue weighted by Gasteiger charge is 2.21. The molecule has 0 spiro atoms. The first-order valence-electron chi connectivity index (χ1n) is 12.7. The second kappa shape index (κ2) is 12.1. The van der Waals surface area contributed by atoms with E-state index in [1.165, 1.54) is 48.5 Å². The van der Waals surface area contributed by atoms with Crippen molar-refractivity contribution in [2.75, 3.05) is 0 Å². The minimum Gasteiger partial charge on any atom is -0.480 e. The second-order valence-electron chi connectivity index (χ2n) is 9.45. The molecule has 192 valence electrons. The standard InChI is InChI=1S/C27H32F2N4O3/c28-27(29)33-17-20-13-12-19(16-24(20)32-33)25(34)31-23(26(35)36)11-5-3-1-2-4-9-21-15-14-18-8-6-7-10-22(18)30-21/h12-17,23,27H,1-11H2,(H,31,34)(H,35,36)/t23-/m0/s1. The van der Waals surface area contributed by atoms with Crippen LogP contribution in [0, 0.1) is 0 Å². The summed E-state index contributed by atoms with van der Waals surface area (Å²) in [5, 5.41) is 16.3. The number of amides is 1. The number of nitrogens with zero attached hydrogens (tertiary/aromatic N) is 3. The van der Waals surface area contributed by atoms with Crippen LogP contribution in [0.1, 0.15) is 85.2 Å². The van der Waals surface area contributed by atoms with Gasteiger partial charge in [0, 0.05) is 28.5 Å². The van der Waals surface area contributed by atoms with Gasteiger partial charge in [-0.1, -0.05) is 37.8 Å². The number of carboxylic acid groups (broad SMARTS) is 1. The van der Waals surface area contributed by atoms with Crippen LogP contribution in [-0.4, -0.2) is 37.8 Å². The van der Waals surface area contributed by atoms with Gasteiger partial charge in [0.25, 0.3) is 5.91 Å². The zero-order valence-electron chi connectivity index (χ0n) is 20.3. The number of aliphatic carboxylic acids is 1. The first-order chi connectivity index (χ1) is 17.4. The smallest absolute Gasteiger partial charge is 0.333 e. The quantitative estimate of drug-likeness (QED) is 0.323. The number of carbonyl (C=O) groups excluding carboxylic acids is 1. The lowest BCUT2D eigenvalue weighted by atomic mass is 9.95. The largest absolute Gasteiger partial charge is 0.480 e. The van der Waals surface area contributed by atoms with Gasteiger partial charge < -0.3 is 10.4 Å². The summed E-state index contributed by atoms with van der Waals surface area (Å²) in [6.45, 7) is -2.77. The number of alkyl halides is 2. The lowest BCUT2D eigenvalue weighted by molar-refractivity contribution is -0.139. The Hall–Kier alpha value is -3.36. The predicted octanol–water partition coefficient (Wildman–Crippen LogP) is 5.47. The zero-order valence-corrected chi connectivity index (χ0v) is 20.3. The van der Waals surface area contributed by atoms with E-state index in [9.17, 15) is 23.5 Å². The Morgan fingerprint density at radius 2 is 1.81 bits per heavy atom. The van der Waals surface area contributed by atoms with Gasteiger partial charge in [0.05, 0.1) is 5.52 Å². The summed E-state index contributed by atoms with van der Waals surface area (Å²) in [7, 11) is 0. The third-order valence-electron chi connectivity index (χ3n) is 6.75. The maximum absolute atomic E-state index is 12.8. The van der Waals surface area contributed by atoms with Gasteiger partial charge in [-0.25, -0.2) is 9.48 Å². The number of aromatic nitrogens is 3. The van der Waals surface area contributed by atoms with Crippen LogP contribution in [0.2, 0.25) is 0 Å². The number of rotatable bonds is 12. The number of carboxylic acids is 1. The average molecular weight is 499 g/mol. The Morgan fingerprint density at radius 3 is 2.61 bits per heavy atom. The monoisotopic (exact) mass is 498 g/mol. The molecule has 1 aliphatic rings. The highest BCUT2D eigenvalue weighted by atomic mass is 19.3. The molecule has 0 unspecified atom stereocenters. The van der Waals surface area contributed by atoms with Crippen LogP contribution in [0.4, 0.5) is 8.78 Å². The van der Waals surface area contributed by atoms with E-state index in [2.05, 4.69) is 22.5 Å². The Bertz CT molecular complexity index is 1210. The third-order valence-corrected chi connectivity index (χ3v) is 6.75. The molecule has 0 saturated carbocycles. The van der Waals surface area contributed by atoms with Gasteiger partial charge in [0.2, 0.25) is 0 Å². The second-order valence-corrected chi connectivity index (χ2v) is 9.45. The summed E-state index contributed by atoms with van der Waals surface area (Å²) in [5.74, 6) is -1.65. The molecule has 1 amide bonds. The maximum atomic E-state index is 12.8. The van der Waals surface area contributed by atoms with Gasteiger partial charge in [-0.15, -0.1) is 0 Å². The van der Waals surface area contributed by atoms with Gasteiger partial charge in [-0.2, -0.15) is 13.9 Å². The molecular weight excluding hydrogens is 466 g/mol. The molecule has 2 aromatic heterocycles. The summed E-state index contributed by atoms with van der Waals surface area (Å²) in [6.07, 6.45) is 11.9. The minimum absolute atomic E-state index is 0.184. The van der Waals surface area contributed by atoms with Crippen LogP contribution in [0.15, 0.2) is 36.5 Å². The number of benzene rings is 1. The molecule has 0 bridgehead atoms. The van der Waals surface area contributed by atoms with E-state index >= 15 is 0 Å². The van der Waals surface area contributed by atoms with E-state index in [0.717, 1.165) is 50.6 Å².